The van der Waals surface area contributed by atoms with Crippen molar-refractivity contribution in [2.45, 2.75) is 0 Å². The molecule has 3 rings (SSSR count). The number of nitrogens with one attached hydrogen (secondary N) is 2. The molecule has 0 unspecified atom stereocenters. The molecule has 124 valence electrons. The van der Waals surface area contributed by atoms with Gasteiger partial charge in [0.2, 0.25) is 0 Å². The van der Waals surface area contributed by atoms with Crippen molar-refractivity contribution in [3.8, 4) is 0 Å². The number of para-hydroxylation sites is 1. The molecule has 0 spiro atoms. The number of carbonyl (C=O) groups is 2. The SMILES string of the molecule is O=C(Nc1ccccc1)c1cccc(C(=O)Nc2cccc(Cl)c2)n1. The van der Waals surface area contributed by atoms with E-state index in [-0.39, 0.29) is 17.3 Å². The van der Waals surface area contributed by atoms with Crippen LogP contribution in [0.2, 0.25) is 5.02 Å². The fourth-order valence-electron chi connectivity index (χ4n) is 2.17. The summed E-state index contributed by atoms with van der Waals surface area (Å²) in [5, 5.41) is 5.94. The summed E-state index contributed by atoms with van der Waals surface area (Å²) in [5.41, 5.74) is 1.50. The van der Waals surface area contributed by atoms with Crippen LogP contribution in [-0.4, -0.2) is 16.8 Å². The first-order chi connectivity index (χ1) is 12.1. The Morgan fingerprint density at radius 2 is 1.28 bits per heavy atom. The van der Waals surface area contributed by atoms with Gasteiger partial charge in [-0.3, -0.25) is 9.59 Å². The number of pyridine rings is 1. The Morgan fingerprint density at radius 3 is 1.92 bits per heavy atom. The fourth-order valence-corrected chi connectivity index (χ4v) is 2.36. The molecule has 0 bridgehead atoms. The lowest BCUT2D eigenvalue weighted by Crippen LogP contribution is -2.18. The second-order valence-corrected chi connectivity index (χ2v) is 5.63. The van der Waals surface area contributed by atoms with Crippen LogP contribution >= 0.6 is 11.6 Å². The zero-order valence-electron chi connectivity index (χ0n) is 13.1. The first-order valence-corrected chi connectivity index (χ1v) is 7.90. The van der Waals surface area contributed by atoms with Gasteiger partial charge in [-0.25, -0.2) is 4.98 Å². The second kappa shape index (κ2) is 7.59. The van der Waals surface area contributed by atoms with E-state index in [2.05, 4.69) is 15.6 Å². The summed E-state index contributed by atoms with van der Waals surface area (Å²) in [6, 6.07) is 20.5. The number of benzene rings is 2. The molecule has 5 nitrogen and oxygen atoms in total. The number of halogens is 1. The minimum atomic E-state index is -0.420. The van der Waals surface area contributed by atoms with Gasteiger partial charge in [-0.15, -0.1) is 0 Å². The highest BCUT2D eigenvalue weighted by Gasteiger charge is 2.13. The number of hydrogen-bond donors (Lipinski definition) is 2. The van der Waals surface area contributed by atoms with Crippen LogP contribution in [0.25, 0.3) is 0 Å². The lowest BCUT2D eigenvalue weighted by molar-refractivity contribution is 0.101. The van der Waals surface area contributed by atoms with Crippen molar-refractivity contribution in [3.05, 3.63) is 89.2 Å². The Balaban J connectivity index is 1.74. The van der Waals surface area contributed by atoms with Crippen molar-refractivity contribution in [1.82, 2.24) is 4.98 Å². The lowest BCUT2D eigenvalue weighted by Gasteiger charge is -2.07. The molecule has 2 aromatic carbocycles. The number of hydrogen-bond acceptors (Lipinski definition) is 3. The molecule has 0 atom stereocenters. The molecule has 0 aliphatic carbocycles. The Morgan fingerprint density at radius 1 is 0.720 bits per heavy atom. The number of rotatable bonds is 4. The molecule has 2 amide bonds. The monoisotopic (exact) mass is 351 g/mol. The predicted molar refractivity (Wildman–Crippen MR) is 98.0 cm³/mol. The van der Waals surface area contributed by atoms with Crippen LogP contribution in [0.1, 0.15) is 21.0 Å². The smallest absolute Gasteiger partial charge is 0.274 e. The van der Waals surface area contributed by atoms with Gasteiger partial charge < -0.3 is 10.6 Å². The van der Waals surface area contributed by atoms with Crippen molar-refractivity contribution in [2.75, 3.05) is 10.6 Å². The Bertz CT molecular complexity index is 913. The van der Waals surface area contributed by atoms with E-state index < -0.39 is 5.91 Å². The van der Waals surface area contributed by atoms with Gasteiger partial charge in [0, 0.05) is 16.4 Å². The van der Waals surface area contributed by atoms with Crippen LogP contribution in [0.4, 0.5) is 11.4 Å². The maximum atomic E-state index is 12.3. The summed E-state index contributed by atoms with van der Waals surface area (Å²) in [7, 11) is 0. The third kappa shape index (κ3) is 4.43. The first kappa shape index (κ1) is 16.7. The number of amides is 2. The summed E-state index contributed by atoms with van der Waals surface area (Å²) in [6.45, 7) is 0. The van der Waals surface area contributed by atoms with E-state index in [0.717, 1.165) is 0 Å². The van der Waals surface area contributed by atoms with Crippen LogP contribution in [0.3, 0.4) is 0 Å². The second-order valence-electron chi connectivity index (χ2n) is 5.19. The molecule has 0 saturated carbocycles. The highest BCUT2D eigenvalue weighted by atomic mass is 35.5. The summed E-state index contributed by atoms with van der Waals surface area (Å²) in [5.74, 6) is -0.805. The Hall–Kier alpha value is -3.18. The van der Waals surface area contributed by atoms with Gasteiger partial charge in [0.25, 0.3) is 11.8 Å². The summed E-state index contributed by atoms with van der Waals surface area (Å²) in [4.78, 5) is 28.7. The minimum absolute atomic E-state index is 0.140. The highest BCUT2D eigenvalue weighted by Crippen LogP contribution is 2.16. The Kier molecular flexibility index (Phi) is 5.06. The third-order valence-corrected chi connectivity index (χ3v) is 3.56. The van der Waals surface area contributed by atoms with E-state index in [0.29, 0.717) is 16.4 Å². The summed E-state index contributed by atoms with van der Waals surface area (Å²) < 4.78 is 0. The summed E-state index contributed by atoms with van der Waals surface area (Å²) in [6.07, 6.45) is 0. The standard InChI is InChI=1S/C19H14ClN3O2/c20-13-6-4-9-15(12-13)22-19(25)17-11-5-10-16(23-17)18(24)21-14-7-2-1-3-8-14/h1-12H,(H,21,24)(H,22,25). The minimum Gasteiger partial charge on any atom is -0.321 e. The maximum Gasteiger partial charge on any atom is 0.274 e. The van der Waals surface area contributed by atoms with Crippen molar-refractivity contribution in [3.63, 3.8) is 0 Å². The molecular formula is C19H14ClN3O2. The number of anilines is 2. The van der Waals surface area contributed by atoms with E-state index in [1.54, 1.807) is 54.6 Å². The highest BCUT2D eigenvalue weighted by molar-refractivity contribution is 6.30. The molecule has 2 N–H and O–H groups in total. The topological polar surface area (TPSA) is 71.1 Å². The molecule has 0 saturated heterocycles. The van der Waals surface area contributed by atoms with Crippen molar-refractivity contribution in [1.29, 1.82) is 0 Å². The van der Waals surface area contributed by atoms with Gasteiger partial charge in [-0.1, -0.05) is 41.9 Å². The summed E-state index contributed by atoms with van der Waals surface area (Å²) >= 11 is 5.90. The van der Waals surface area contributed by atoms with E-state index in [9.17, 15) is 9.59 Å². The van der Waals surface area contributed by atoms with Gasteiger partial charge in [0.05, 0.1) is 0 Å². The van der Waals surface area contributed by atoms with Crippen LogP contribution in [0, 0.1) is 0 Å². The Labute approximate surface area is 149 Å². The maximum absolute atomic E-state index is 12.3. The van der Waals surface area contributed by atoms with Gasteiger partial charge >= 0.3 is 0 Å². The number of nitrogens with zero attached hydrogens (tertiary/aromatic N) is 1. The quantitative estimate of drug-likeness (QED) is 0.738. The van der Waals surface area contributed by atoms with Gasteiger partial charge in [-0.2, -0.15) is 0 Å². The van der Waals surface area contributed by atoms with Gasteiger partial charge in [0.1, 0.15) is 11.4 Å². The average Bonchev–Trinajstić information content (AvgIpc) is 2.62. The molecule has 1 aromatic heterocycles. The number of aromatic nitrogens is 1. The van der Waals surface area contributed by atoms with Crippen LogP contribution < -0.4 is 10.6 Å². The molecule has 0 aliphatic rings. The van der Waals surface area contributed by atoms with Gasteiger partial charge in [-0.05, 0) is 42.5 Å². The fraction of sp³-hybridized carbons (Fsp3) is 0. The number of carbonyl (C=O) groups excluding carboxylic acids is 2. The largest absolute Gasteiger partial charge is 0.321 e. The average molecular weight is 352 g/mol. The van der Waals surface area contributed by atoms with E-state index in [1.165, 1.54) is 0 Å². The zero-order chi connectivity index (χ0) is 17.6. The molecule has 3 aromatic rings. The predicted octanol–water partition coefficient (Wildman–Crippen LogP) is 4.24. The van der Waals surface area contributed by atoms with Crippen molar-refractivity contribution in [2.24, 2.45) is 0 Å². The first-order valence-electron chi connectivity index (χ1n) is 7.52. The molecule has 0 radical (unpaired) electrons. The van der Waals surface area contributed by atoms with Crippen molar-refractivity contribution < 1.29 is 9.59 Å². The molecule has 25 heavy (non-hydrogen) atoms. The normalized spacial score (nSPS) is 10.1. The van der Waals surface area contributed by atoms with Crippen LogP contribution in [0.15, 0.2) is 72.8 Å². The lowest BCUT2D eigenvalue weighted by atomic mass is 10.2. The molecule has 6 heteroatoms. The van der Waals surface area contributed by atoms with E-state index >= 15 is 0 Å². The molecule has 0 aliphatic heterocycles. The van der Waals surface area contributed by atoms with Gasteiger partial charge in [0.15, 0.2) is 0 Å². The molecule has 0 fully saturated rings. The molecular weight excluding hydrogens is 338 g/mol. The molecule has 1 heterocycles. The van der Waals surface area contributed by atoms with Crippen LogP contribution in [0.5, 0.6) is 0 Å². The van der Waals surface area contributed by atoms with E-state index in [4.69, 9.17) is 11.6 Å². The van der Waals surface area contributed by atoms with Crippen molar-refractivity contribution >= 4 is 34.8 Å². The third-order valence-electron chi connectivity index (χ3n) is 3.33. The van der Waals surface area contributed by atoms with Crippen LogP contribution in [-0.2, 0) is 0 Å². The van der Waals surface area contributed by atoms with E-state index in [1.807, 2.05) is 18.2 Å². The zero-order valence-corrected chi connectivity index (χ0v) is 13.8.